The fraction of sp³-hybridized carbons (Fsp3) is 0.632. The van der Waals surface area contributed by atoms with Gasteiger partial charge in [0.05, 0.1) is 19.3 Å². The summed E-state index contributed by atoms with van der Waals surface area (Å²) in [4.78, 5) is 14.4. The summed E-state index contributed by atoms with van der Waals surface area (Å²) in [5.41, 5.74) is 2.63. The van der Waals surface area contributed by atoms with E-state index in [0.29, 0.717) is 13.0 Å². The van der Waals surface area contributed by atoms with Crippen LogP contribution in [0.4, 0.5) is 0 Å². The van der Waals surface area contributed by atoms with Crippen molar-refractivity contribution in [3.05, 3.63) is 35.4 Å². The number of hydrogen-bond donors (Lipinski definition) is 1. The van der Waals surface area contributed by atoms with Crippen LogP contribution in [-0.4, -0.2) is 43.7 Å². The lowest BCUT2D eigenvalue weighted by molar-refractivity contribution is -0.121. The van der Waals surface area contributed by atoms with E-state index in [1.807, 2.05) is 0 Å². The number of aryl methyl sites for hydroxylation is 1. The number of morpholine rings is 1. The molecule has 1 aromatic carbocycles. The average Bonchev–Trinajstić information content (AvgIpc) is 2.61. The van der Waals surface area contributed by atoms with E-state index in [1.54, 1.807) is 0 Å². The number of unbranched alkanes of at least 4 members (excludes halogenated alkanes) is 1. The van der Waals surface area contributed by atoms with Gasteiger partial charge < -0.3 is 10.1 Å². The Kier molecular flexibility index (Phi) is 7.56. The molecule has 1 aromatic rings. The molecule has 0 aliphatic carbocycles. The molecule has 4 nitrogen and oxygen atoms in total. The van der Waals surface area contributed by atoms with Gasteiger partial charge in [0.1, 0.15) is 0 Å². The number of nitrogens with one attached hydrogen (secondary N) is 1. The maximum atomic E-state index is 12.0. The SMILES string of the molecule is CCCCC(=O)NCC(c1ccc(CC)cc1)N1CCOCC1. The standard InChI is InChI=1S/C19H30N2O2/c1-3-5-6-19(22)20-15-18(21-11-13-23-14-12-21)17-9-7-16(4-2)8-10-17/h7-10,18H,3-6,11-15H2,1-2H3,(H,20,22). The first kappa shape index (κ1) is 18.0. The second-order valence-corrected chi connectivity index (χ2v) is 6.17. The molecule has 1 N–H and O–H groups in total. The molecule has 1 heterocycles. The van der Waals surface area contributed by atoms with Crippen molar-refractivity contribution in [1.82, 2.24) is 10.2 Å². The maximum Gasteiger partial charge on any atom is 0.220 e. The number of rotatable bonds is 8. The van der Waals surface area contributed by atoms with Crippen molar-refractivity contribution in [3.63, 3.8) is 0 Å². The highest BCUT2D eigenvalue weighted by molar-refractivity contribution is 5.75. The number of ether oxygens (including phenoxy) is 1. The van der Waals surface area contributed by atoms with E-state index in [9.17, 15) is 4.79 Å². The molecule has 0 bridgehead atoms. The number of carbonyl (C=O) groups excluding carboxylic acids is 1. The smallest absolute Gasteiger partial charge is 0.220 e. The summed E-state index contributed by atoms with van der Waals surface area (Å²) in [6.45, 7) is 8.34. The van der Waals surface area contributed by atoms with Crippen LogP contribution >= 0.6 is 0 Å². The van der Waals surface area contributed by atoms with E-state index < -0.39 is 0 Å². The molecule has 1 fully saturated rings. The van der Waals surface area contributed by atoms with Crippen LogP contribution in [-0.2, 0) is 16.0 Å². The zero-order chi connectivity index (χ0) is 16.5. The van der Waals surface area contributed by atoms with Gasteiger partial charge in [-0.1, -0.05) is 44.5 Å². The first-order chi connectivity index (χ1) is 11.2. The fourth-order valence-corrected chi connectivity index (χ4v) is 2.96. The first-order valence-electron chi connectivity index (χ1n) is 8.92. The molecule has 1 aliphatic heterocycles. The maximum absolute atomic E-state index is 12.0. The van der Waals surface area contributed by atoms with E-state index in [1.165, 1.54) is 11.1 Å². The summed E-state index contributed by atoms with van der Waals surface area (Å²) in [6.07, 6.45) is 3.69. The third-order valence-corrected chi connectivity index (χ3v) is 4.51. The molecule has 0 saturated carbocycles. The van der Waals surface area contributed by atoms with E-state index in [-0.39, 0.29) is 11.9 Å². The van der Waals surface area contributed by atoms with Crippen LogP contribution in [0.5, 0.6) is 0 Å². The van der Waals surface area contributed by atoms with Gasteiger partial charge in [-0.25, -0.2) is 0 Å². The summed E-state index contributed by atoms with van der Waals surface area (Å²) in [5, 5.41) is 3.12. The molecule has 1 saturated heterocycles. The highest BCUT2D eigenvalue weighted by Gasteiger charge is 2.23. The molecule has 0 aromatic heterocycles. The average molecular weight is 318 g/mol. The van der Waals surface area contributed by atoms with E-state index >= 15 is 0 Å². The van der Waals surface area contributed by atoms with Crippen molar-refractivity contribution >= 4 is 5.91 Å². The third-order valence-electron chi connectivity index (χ3n) is 4.51. The molecule has 0 spiro atoms. The number of benzene rings is 1. The molecular formula is C19H30N2O2. The normalized spacial score (nSPS) is 17.0. The van der Waals surface area contributed by atoms with Crippen molar-refractivity contribution in [3.8, 4) is 0 Å². The van der Waals surface area contributed by atoms with E-state index in [4.69, 9.17) is 4.74 Å². The van der Waals surface area contributed by atoms with Gasteiger partial charge in [-0.15, -0.1) is 0 Å². The largest absolute Gasteiger partial charge is 0.379 e. The lowest BCUT2D eigenvalue weighted by atomic mass is 10.0. The van der Waals surface area contributed by atoms with Crippen molar-refractivity contribution in [2.45, 2.75) is 45.6 Å². The van der Waals surface area contributed by atoms with E-state index in [2.05, 4.69) is 48.3 Å². The molecule has 128 valence electrons. The minimum absolute atomic E-state index is 0.162. The van der Waals surface area contributed by atoms with Crippen LogP contribution in [0.1, 0.15) is 50.3 Å². The summed E-state index contributed by atoms with van der Waals surface area (Å²) in [6, 6.07) is 9.04. The summed E-state index contributed by atoms with van der Waals surface area (Å²) in [5.74, 6) is 0.162. The lowest BCUT2D eigenvalue weighted by Crippen LogP contribution is -2.43. The van der Waals surface area contributed by atoms with Crippen molar-refractivity contribution in [2.75, 3.05) is 32.8 Å². The summed E-state index contributed by atoms with van der Waals surface area (Å²) < 4.78 is 5.47. The van der Waals surface area contributed by atoms with Gasteiger partial charge in [-0.05, 0) is 24.0 Å². The molecular weight excluding hydrogens is 288 g/mol. The van der Waals surface area contributed by atoms with Gasteiger partial charge in [0.15, 0.2) is 0 Å². The van der Waals surface area contributed by atoms with Crippen LogP contribution in [0.25, 0.3) is 0 Å². The van der Waals surface area contributed by atoms with Crippen LogP contribution in [0.2, 0.25) is 0 Å². The van der Waals surface area contributed by atoms with Crippen LogP contribution in [0.3, 0.4) is 0 Å². The van der Waals surface area contributed by atoms with Gasteiger partial charge in [-0.2, -0.15) is 0 Å². The number of hydrogen-bond acceptors (Lipinski definition) is 3. The second-order valence-electron chi connectivity index (χ2n) is 6.17. The quantitative estimate of drug-likeness (QED) is 0.801. The van der Waals surface area contributed by atoms with Crippen molar-refractivity contribution < 1.29 is 9.53 Å². The Bertz CT molecular complexity index is 467. The molecule has 1 unspecified atom stereocenters. The Morgan fingerprint density at radius 3 is 2.52 bits per heavy atom. The minimum Gasteiger partial charge on any atom is -0.379 e. The molecule has 0 radical (unpaired) electrons. The van der Waals surface area contributed by atoms with Crippen LogP contribution in [0.15, 0.2) is 24.3 Å². The zero-order valence-corrected chi connectivity index (χ0v) is 14.5. The van der Waals surface area contributed by atoms with Crippen molar-refractivity contribution in [1.29, 1.82) is 0 Å². The topological polar surface area (TPSA) is 41.6 Å². The fourth-order valence-electron chi connectivity index (χ4n) is 2.96. The monoisotopic (exact) mass is 318 g/mol. The highest BCUT2D eigenvalue weighted by Crippen LogP contribution is 2.22. The molecule has 1 aliphatic rings. The Balaban J connectivity index is 2.02. The van der Waals surface area contributed by atoms with Gasteiger partial charge in [0.2, 0.25) is 5.91 Å². The number of nitrogens with zero attached hydrogens (tertiary/aromatic N) is 1. The molecule has 1 amide bonds. The summed E-state index contributed by atoms with van der Waals surface area (Å²) >= 11 is 0. The minimum atomic E-state index is 0.162. The van der Waals surface area contributed by atoms with Crippen LogP contribution in [0, 0.1) is 0 Å². The van der Waals surface area contributed by atoms with Gasteiger partial charge in [-0.3, -0.25) is 9.69 Å². The number of carbonyl (C=O) groups is 1. The lowest BCUT2D eigenvalue weighted by Gasteiger charge is -2.35. The summed E-state index contributed by atoms with van der Waals surface area (Å²) in [7, 11) is 0. The Morgan fingerprint density at radius 2 is 1.91 bits per heavy atom. The predicted octanol–water partition coefficient (Wildman–Crippen LogP) is 2.93. The molecule has 1 atom stereocenters. The molecule has 4 heteroatoms. The zero-order valence-electron chi connectivity index (χ0n) is 14.5. The molecule has 2 rings (SSSR count). The Labute approximate surface area is 140 Å². The van der Waals surface area contributed by atoms with Crippen LogP contribution < -0.4 is 5.32 Å². The van der Waals surface area contributed by atoms with E-state index in [0.717, 1.165) is 45.6 Å². The second kappa shape index (κ2) is 9.68. The highest BCUT2D eigenvalue weighted by atomic mass is 16.5. The predicted molar refractivity (Wildman–Crippen MR) is 93.5 cm³/mol. The third kappa shape index (κ3) is 5.63. The van der Waals surface area contributed by atoms with Crippen molar-refractivity contribution in [2.24, 2.45) is 0 Å². The Morgan fingerprint density at radius 1 is 1.22 bits per heavy atom. The Hall–Kier alpha value is -1.39. The number of amides is 1. The van der Waals surface area contributed by atoms with Gasteiger partial charge >= 0.3 is 0 Å². The first-order valence-corrected chi connectivity index (χ1v) is 8.92. The molecule has 23 heavy (non-hydrogen) atoms. The van der Waals surface area contributed by atoms with Gasteiger partial charge in [0, 0.05) is 26.1 Å². The van der Waals surface area contributed by atoms with Gasteiger partial charge in [0.25, 0.3) is 0 Å².